The molecule has 1 aromatic rings. The molecule has 1 aromatic carbocycles. The van der Waals surface area contributed by atoms with Crippen molar-refractivity contribution in [2.24, 2.45) is 11.1 Å². The van der Waals surface area contributed by atoms with Crippen LogP contribution in [0.5, 0.6) is 5.75 Å². The molecule has 0 radical (unpaired) electrons. The minimum absolute atomic E-state index is 0.168. The zero-order chi connectivity index (χ0) is 13.5. The molecular weight excluding hydrogens is 234 g/mol. The standard InChI is InChI=1S/C17H25NO/c1-13-5-6-15(19-2)14(9-13)17(12-18)10-16(11-17)7-3-4-8-16/h5-6,9H,3-4,7-8,10-12,18H2,1-2H3. The highest BCUT2D eigenvalue weighted by atomic mass is 16.5. The Hall–Kier alpha value is -1.02. The Morgan fingerprint density at radius 3 is 2.47 bits per heavy atom. The largest absolute Gasteiger partial charge is 0.496 e. The molecule has 0 bridgehead atoms. The number of nitrogens with two attached hydrogens (primary N) is 1. The molecule has 19 heavy (non-hydrogen) atoms. The van der Waals surface area contributed by atoms with Gasteiger partial charge in [-0.2, -0.15) is 0 Å². The van der Waals surface area contributed by atoms with Crippen molar-refractivity contribution in [3.63, 3.8) is 0 Å². The topological polar surface area (TPSA) is 35.2 Å². The summed E-state index contributed by atoms with van der Waals surface area (Å²) in [6.07, 6.45) is 8.15. The van der Waals surface area contributed by atoms with Crippen LogP contribution in [0, 0.1) is 12.3 Å². The van der Waals surface area contributed by atoms with Gasteiger partial charge in [-0.3, -0.25) is 0 Å². The summed E-state index contributed by atoms with van der Waals surface area (Å²) in [6.45, 7) is 2.89. The van der Waals surface area contributed by atoms with Crippen LogP contribution < -0.4 is 10.5 Å². The van der Waals surface area contributed by atoms with Crippen LogP contribution in [0.3, 0.4) is 0 Å². The van der Waals surface area contributed by atoms with E-state index in [9.17, 15) is 0 Å². The molecule has 2 nitrogen and oxygen atoms in total. The third-order valence-corrected chi connectivity index (χ3v) is 5.41. The number of aryl methyl sites for hydroxylation is 1. The van der Waals surface area contributed by atoms with Gasteiger partial charge < -0.3 is 10.5 Å². The maximum atomic E-state index is 6.17. The van der Waals surface area contributed by atoms with Crippen LogP contribution >= 0.6 is 0 Å². The van der Waals surface area contributed by atoms with Crippen LogP contribution in [-0.4, -0.2) is 13.7 Å². The van der Waals surface area contributed by atoms with Crippen LogP contribution in [0.25, 0.3) is 0 Å². The van der Waals surface area contributed by atoms with Gasteiger partial charge in [-0.15, -0.1) is 0 Å². The Bertz CT molecular complexity index is 466. The number of hydrogen-bond donors (Lipinski definition) is 1. The van der Waals surface area contributed by atoms with Crippen molar-refractivity contribution in [1.82, 2.24) is 0 Å². The molecule has 0 unspecified atom stereocenters. The molecule has 1 spiro atoms. The van der Waals surface area contributed by atoms with Gasteiger partial charge >= 0.3 is 0 Å². The van der Waals surface area contributed by atoms with Crippen LogP contribution in [0.2, 0.25) is 0 Å². The predicted octanol–water partition coefficient (Wildman–Crippen LogP) is 3.55. The Morgan fingerprint density at radius 2 is 1.89 bits per heavy atom. The number of benzene rings is 1. The normalized spacial score (nSPS) is 23.3. The van der Waals surface area contributed by atoms with E-state index in [1.54, 1.807) is 7.11 Å². The van der Waals surface area contributed by atoms with E-state index < -0.39 is 0 Å². The maximum Gasteiger partial charge on any atom is 0.122 e. The second-order valence-electron chi connectivity index (χ2n) is 6.75. The molecule has 0 saturated heterocycles. The Labute approximate surface area is 116 Å². The molecule has 104 valence electrons. The summed E-state index contributed by atoms with van der Waals surface area (Å²) in [4.78, 5) is 0. The van der Waals surface area contributed by atoms with E-state index in [4.69, 9.17) is 10.5 Å². The van der Waals surface area contributed by atoms with E-state index in [0.29, 0.717) is 5.41 Å². The van der Waals surface area contributed by atoms with Gasteiger partial charge in [0.15, 0.2) is 0 Å². The van der Waals surface area contributed by atoms with Gasteiger partial charge in [0.05, 0.1) is 7.11 Å². The van der Waals surface area contributed by atoms with E-state index in [-0.39, 0.29) is 5.41 Å². The van der Waals surface area contributed by atoms with E-state index in [0.717, 1.165) is 12.3 Å². The van der Waals surface area contributed by atoms with Crippen molar-refractivity contribution in [3.05, 3.63) is 29.3 Å². The van der Waals surface area contributed by atoms with Gasteiger partial charge in [-0.25, -0.2) is 0 Å². The molecule has 2 heteroatoms. The Kier molecular flexibility index (Phi) is 3.09. The third-order valence-electron chi connectivity index (χ3n) is 5.41. The van der Waals surface area contributed by atoms with Crippen molar-refractivity contribution in [3.8, 4) is 5.75 Å². The minimum atomic E-state index is 0.168. The van der Waals surface area contributed by atoms with Gasteiger partial charge in [0.1, 0.15) is 5.75 Å². The molecule has 0 amide bonds. The summed E-state index contributed by atoms with van der Waals surface area (Å²) in [6, 6.07) is 6.51. The maximum absolute atomic E-state index is 6.17. The third kappa shape index (κ3) is 1.97. The van der Waals surface area contributed by atoms with E-state index in [1.165, 1.54) is 49.7 Å². The van der Waals surface area contributed by atoms with Crippen molar-refractivity contribution >= 4 is 0 Å². The number of rotatable bonds is 3. The SMILES string of the molecule is COc1ccc(C)cc1C1(CN)CC2(CCCC2)C1. The zero-order valence-corrected chi connectivity index (χ0v) is 12.2. The molecule has 0 aromatic heterocycles. The highest BCUT2D eigenvalue weighted by molar-refractivity contribution is 5.45. The van der Waals surface area contributed by atoms with Crippen LogP contribution in [0.4, 0.5) is 0 Å². The van der Waals surface area contributed by atoms with Gasteiger partial charge in [0.2, 0.25) is 0 Å². The van der Waals surface area contributed by atoms with E-state index >= 15 is 0 Å². The summed E-state index contributed by atoms with van der Waals surface area (Å²) in [5, 5.41) is 0. The molecule has 2 N–H and O–H groups in total. The van der Waals surface area contributed by atoms with Gasteiger partial charge in [0, 0.05) is 17.5 Å². The molecule has 0 aliphatic heterocycles. The summed E-state index contributed by atoms with van der Waals surface area (Å²) in [5.41, 5.74) is 9.59. The first-order chi connectivity index (χ1) is 9.13. The first-order valence-electron chi connectivity index (χ1n) is 7.48. The van der Waals surface area contributed by atoms with Gasteiger partial charge in [-0.05, 0) is 44.1 Å². The van der Waals surface area contributed by atoms with Crippen LogP contribution in [0.15, 0.2) is 18.2 Å². The second-order valence-corrected chi connectivity index (χ2v) is 6.75. The molecular formula is C17H25NO. The first kappa shape index (κ1) is 13.0. The Morgan fingerprint density at radius 1 is 1.21 bits per heavy atom. The monoisotopic (exact) mass is 259 g/mol. The summed E-state index contributed by atoms with van der Waals surface area (Å²) < 4.78 is 5.58. The molecule has 2 saturated carbocycles. The summed E-state index contributed by atoms with van der Waals surface area (Å²) in [7, 11) is 1.77. The fraction of sp³-hybridized carbons (Fsp3) is 0.647. The average molecular weight is 259 g/mol. The van der Waals surface area contributed by atoms with Crippen molar-refractivity contribution in [2.75, 3.05) is 13.7 Å². The van der Waals surface area contributed by atoms with E-state index in [2.05, 4.69) is 25.1 Å². The van der Waals surface area contributed by atoms with Crippen molar-refractivity contribution in [2.45, 2.75) is 50.9 Å². The van der Waals surface area contributed by atoms with E-state index in [1.807, 2.05) is 0 Å². The molecule has 2 fully saturated rings. The molecule has 0 heterocycles. The fourth-order valence-electron chi connectivity index (χ4n) is 4.54. The van der Waals surface area contributed by atoms with Crippen molar-refractivity contribution in [1.29, 1.82) is 0 Å². The fourth-order valence-corrected chi connectivity index (χ4v) is 4.54. The lowest BCUT2D eigenvalue weighted by atomic mass is 9.49. The van der Waals surface area contributed by atoms with Gasteiger partial charge in [0.25, 0.3) is 0 Å². The first-order valence-corrected chi connectivity index (χ1v) is 7.48. The number of methoxy groups -OCH3 is 1. The Balaban J connectivity index is 1.93. The zero-order valence-electron chi connectivity index (χ0n) is 12.2. The minimum Gasteiger partial charge on any atom is -0.496 e. The lowest BCUT2D eigenvalue weighted by Gasteiger charge is -2.55. The number of ether oxygens (including phenoxy) is 1. The summed E-state index contributed by atoms with van der Waals surface area (Å²) in [5.74, 6) is 1.02. The molecule has 2 aliphatic rings. The van der Waals surface area contributed by atoms with Crippen LogP contribution in [0.1, 0.15) is 49.7 Å². The molecule has 3 rings (SSSR count). The lowest BCUT2D eigenvalue weighted by molar-refractivity contribution is 0.0313. The quantitative estimate of drug-likeness (QED) is 0.901. The highest BCUT2D eigenvalue weighted by Gasteiger charge is 2.55. The predicted molar refractivity (Wildman–Crippen MR) is 78.6 cm³/mol. The molecule has 0 atom stereocenters. The lowest BCUT2D eigenvalue weighted by Crippen LogP contribution is -2.52. The number of hydrogen-bond acceptors (Lipinski definition) is 2. The second kappa shape index (κ2) is 4.52. The highest BCUT2D eigenvalue weighted by Crippen LogP contribution is 2.63. The van der Waals surface area contributed by atoms with Crippen molar-refractivity contribution < 1.29 is 4.74 Å². The van der Waals surface area contributed by atoms with Crippen LogP contribution in [-0.2, 0) is 5.41 Å². The smallest absolute Gasteiger partial charge is 0.122 e. The van der Waals surface area contributed by atoms with Gasteiger partial charge in [-0.1, -0.05) is 30.5 Å². The average Bonchev–Trinajstić information content (AvgIpc) is 2.85. The molecule has 2 aliphatic carbocycles. The summed E-state index contributed by atoms with van der Waals surface area (Å²) >= 11 is 0.